The second-order valence-corrected chi connectivity index (χ2v) is 8.21. The lowest BCUT2D eigenvalue weighted by Gasteiger charge is -2.26. The van der Waals surface area contributed by atoms with Gasteiger partial charge in [0, 0.05) is 20.1 Å². The van der Waals surface area contributed by atoms with Crippen LogP contribution in [0.1, 0.15) is 37.4 Å². The van der Waals surface area contributed by atoms with E-state index in [1.165, 1.54) is 22.4 Å². The van der Waals surface area contributed by atoms with Gasteiger partial charge in [0.15, 0.2) is 10.8 Å². The summed E-state index contributed by atoms with van der Waals surface area (Å²) < 4.78 is 10.6. The van der Waals surface area contributed by atoms with Crippen LogP contribution in [0.15, 0.2) is 29.0 Å². The van der Waals surface area contributed by atoms with Crippen LogP contribution >= 0.6 is 11.3 Å². The maximum absolute atomic E-state index is 12.3. The number of nitrogens with one attached hydrogen (secondary N) is 1. The third-order valence-electron chi connectivity index (χ3n) is 3.36. The van der Waals surface area contributed by atoms with E-state index < -0.39 is 5.60 Å². The number of furan rings is 1. The summed E-state index contributed by atoms with van der Waals surface area (Å²) in [6.07, 6.45) is 2.73. The van der Waals surface area contributed by atoms with Crippen LogP contribution in [0.5, 0.6) is 0 Å². The molecule has 1 atom stereocenters. The lowest BCUT2D eigenvalue weighted by Crippen LogP contribution is -2.39. The van der Waals surface area contributed by atoms with E-state index in [9.17, 15) is 9.59 Å². The molecule has 0 saturated heterocycles. The Morgan fingerprint density at radius 2 is 2.15 bits per heavy atom. The van der Waals surface area contributed by atoms with Crippen molar-refractivity contribution in [2.45, 2.75) is 33.3 Å². The van der Waals surface area contributed by atoms with Gasteiger partial charge in [-0.3, -0.25) is 4.79 Å². The van der Waals surface area contributed by atoms with Gasteiger partial charge in [0.25, 0.3) is 5.91 Å². The van der Waals surface area contributed by atoms with E-state index in [0.717, 1.165) is 0 Å². The summed E-state index contributed by atoms with van der Waals surface area (Å²) in [4.78, 5) is 30.5. The van der Waals surface area contributed by atoms with E-state index >= 15 is 0 Å². The summed E-state index contributed by atoms with van der Waals surface area (Å²) in [7, 11) is 1.69. The Balaban J connectivity index is 1.80. The minimum Gasteiger partial charge on any atom is -0.462 e. The fraction of sp³-hybridized carbons (Fsp3) is 0.500. The molecule has 7 nitrogen and oxygen atoms in total. The molecule has 1 N–H and O–H groups in total. The molecule has 0 aliphatic heterocycles. The summed E-state index contributed by atoms with van der Waals surface area (Å²) in [5.41, 5.74) is -0.527. The monoisotopic (exact) mass is 379 g/mol. The Morgan fingerprint density at radius 3 is 2.77 bits per heavy atom. The predicted molar refractivity (Wildman–Crippen MR) is 100 cm³/mol. The van der Waals surface area contributed by atoms with Crippen LogP contribution in [0, 0.1) is 5.92 Å². The first-order valence-corrected chi connectivity index (χ1v) is 9.19. The summed E-state index contributed by atoms with van der Waals surface area (Å²) in [6.45, 7) is 8.37. The molecule has 8 heteroatoms. The van der Waals surface area contributed by atoms with Crippen LogP contribution in [0.2, 0.25) is 0 Å². The smallest absolute Gasteiger partial charge is 0.410 e. The fourth-order valence-electron chi connectivity index (χ4n) is 2.19. The Labute approximate surface area is 157 Å². The van der Waals surface area contributed by atoms with E-state index in [-0.39, 0.29) is 17.9 Å². The van der Waals surface area contributed by atoms with Crippen LogP contribution in [0.4, 0.5) is 4.79 Å². The topological polar surface area (TPSA) is 84.7 Å². The molecule has 2 aromatic rings. The molecule has 0 aliphatic rings. The maximum Gasteiger partial charge on any atom is 0.410 e. The van der Waals surface area contributed by atoms with Crippen molar-refractivity contribution in [3.05, 3.63) is 29.5 Å². The summed E-state index contributed by atoms with van der Waals surface area (Å²) in [6, 6.07) is 3.58. The van der Waals surface area contributed by atoms with Gasteiger partial charge in [-0.1, -0.05) is 6.92 Å². The van der Waals surface area contributed by atoms with E-state index in [1.54, 1.807) is 25.4 Å². The third kappa shape index (κ3) is 5.87. The maximum atomic E-state index is 12.3. The molecule has 142 valence electrons. The van der Waals surface area contributed by atoms with E-state index in [2.05, 4.69) is 10.3 Å². The Hall–Kier alpha value is -2.35. The van der Waals surface area contributed by atoms with Gasteiger partial charge in [-0.15, -0.1) is 11.3 Å². The molecule has 26 heavy (non-hydrogen) atoms. The van der Waals surface area contributed by atoms with E-state index in [0.29, 0.717) is 28.7 Å². The number of carbonyl (C=O) groups is 2. The van der Waals surface area contributed by atoms with Crippen LogP contribution in [-0.2, 0) is 4.74 Å². The van der Waals surface area contributed by atoms with Gasteiger partial charge >= 0.3 is 6.09 Å². The highest BCUT2D eigenvalue weighted by atomic mass is 32.1. The highest BCUT2D eigenvalue weighted by molar-refractivity contribution is 7.16. The highest BCUT2D eigenvalue weighted by Crippen LogP contribution is 2.25. The van der Waals surface area contributed by atoms with Crippen LogP contribution in [0.3, 0.4) is 0 Å². The molecule has 2 aromatic heterocycles. The van der Waals surface area contributed by atoms with Crippen molar-refractivity contribution in [2.24, 2.45) is 5.92 Å². The number of hydrogen-bond donors (Lipinski definition) is 1. The number of aromatic nitrogens is 1. The van der Waals surface area contributed by atoms with Crippen LogP contribution in [0.25, 0.3) is 10.8 Å². The molecule has 2 heterocycles. The van der Waals surface area contributed by atoms with Crippen molar-refractivity contribution >= 4 is 23.3 Å². The second-order valence-electron chi connectivity index (χ2n) is 7.18. The van der Waals surface area contributed by atoms with Crippen molar-refractivity contribution in [3.63, 3.8) is 0 Å². The van der Waals surface area contributed by atoms with Crippen molar-refractivity contribution in [2.75, 3.05) is 20.1 Å². The van der Waals surface area contributed by atoms with Crippen molar-refractivity contribution in [1.29, 1.82) is 0 Å². The number of thiazole rings is 1. The first-order chi connectivity index (χ1) is 12.2. The molecular formula is C18H25N3O4S. The number of ether oxygens (including phenoxy) is 1. The molecule has 0 aliphatic carbocycles. The molecule has 0 spiro atoms. The largest absolute Gasteiger partial charge is 0.462 e. The molecule has 0 radical (unpaired) electrons. The average Bonchev–Trinajstić information content (AvgIpc) is 3.21. The van der Waals surface area contributed by atoms with Gasteiger partial charge < -0.3 is 19.4 Å². The SMILES string of the molecule is CC(CNC(=O)c1cnc(-c2ccco2)s1)CN(C)C(=O)OC(C)(C)C. The zero-order valence-electron chi connectivity index (χ0n) is 15.7. The van der Waals surface area contributed by atoms with Crippen molar-refractivity contribution in [1.82, 2.24) is 15.2 Å². The first-order valence-electron chi connectivity index (χ1n) is 8.37. The zero-order valence-corrected chi connectivity index (χ0v) is 16.6. The molecule has 2 amide bonds. The quantitative estimate of drug-likeness (QED) is 0.828. The van der Waals surface area contributed by atoms with Crippen LogP contribution < -0.4 is 5.32 Å². The number of hydrogen-bond acceptors (Lipinski definition) is 6. The molecule has 0 fully saturated rings. The lowest BCUT2D eigenvalue weighted by molar-refractivity contribution is 0.0277. The molecule has 1 unspecified atom stereocenters. The summed E-state index contributed by atoms with van der Waals surface area (Å²) in [5.74, 6) is 0.530. The zero-order chi connectivity index (χ0) is 19.3. The molecular weight excluding hydrogens is 354 g/mol. The molecule has 0 aromatic carbocycles. The first kappa shape index (κ1) is 20.0. The van der Waals surface area contributed by atoms with Crippen molar-refractivity contribution < 1.29 is 18.7 Å². The molecule has 0 saturated carbocycles. The second kappa shape index (κ2) is 8.35. The lowest BCUT2D eigenvalue weighted by atomic mass is 10.1. The number of rotatable bonds is 6. The van der Waals surface area contributed by atoms with Gasteiger partial charge in [0.2, 0.25) is 0 Å². The highest BCUT2D eigenvalue weighted by Gasteiger charge is 2.21. The Morgan fingerprint density at radius 1 is 1.42 bits per heavy atom. The standard InChI is InChI=1S/C18H25N3O4S/c1-12(11-21(5)17(23)25-18(2,3)4)9-19-15(22)14-10-20-16(26-14)13-7-6-8-24-13/h6-8,10,12H,9,11H2,1-5H3,(H,19,22). The molecule has 2 rings (SSSR count). The van der Waals surface area contributed by atoms with Crippen LogP contribution in [-0.4, -0.2) is 47.6 Å². The van der Waals surface area contributed by atoms with Gasteiger partial charge in [-0.05, 0) is 38.8 Å². The van der Waals surface area contributed by atoms with Gasteiger partial charge in [-0.25, -0.2) is 9.78 Å². The minimum absolute atomic E-state index is 0.0777. The Kier molecular flexibility index (Phi) is 6.42. The van der Waals surface area contributed by atoms with Gasteiger partial charge in [0.05, 0.1) is 12.5 Å². The van der Waals surface area contributed by atoms with Gasteiger partial charge in [0.1, 0.15) is 10.5 Å². The summed E-state index contributed by atoms with van der Waals surface area (Å²) in [5, 5.41) is 3.54. The number of nitrogens with zero attached hydrogens (tertiary/aromatic N) is 2. The Bertz CT molecular complexity index is 734. The normalized spacial score (nSPS) is 12.5. The van der Waals surface area contributed by atoms with E-state index in [4.69, 9.17) is 9.15 Å². The average molecular weight is 379 g/mol. The van der Waals surface area contributed by atoms with Gasteiger partial charge in [-0.2, -0.15) is 0 Å². The molecule has 0 bridgehead atoms. The van der Waals surface area contributed by atoms with Crippen molar-refractivity contribution in [3.8, 4) is 10.8 Å². The summed E-state index contributed by atoms with van der Waals surface area (Å²) >= 11 is 1.27. The van der Waals surface area contributed by atoms with E-state index in [1.807, 2.05) is 27.7 Å². The predicted octanol–water partition coefficient (Wildman–Crippen LogP) is 3.64. The number of amides is 2. The fourth-order valence-corrected chi connectivity index (χ4v) is 2.99. The third-order valence-corrected chi connectivity index (χ3v) is 4.37. The number of carbonyl (C=O) groups excluding carboxylic acids is 2. The minimum atomic E-state index is -0.527.